The van der Waals surface area contributed by atoms with E-state index in [0.29, 0.717) is 83.3 Å². The molecule has 10 aromatic rings. The van der Waals surface area contributed by atoms with E-state index in [9.17, 15) is 28.8 Å². The highest BCUT2D eigenvalue weighted by atomic mass is 35.5. The molecular weight excluding hydrogens is 1180 g/mol. The summed E-state index contributed by atoms with van der Waals surface area (Å²) in [6, 6.07) is 68.8. The van der Waals surface area contributed by atoms with Crippen LogP contribution in [0.1, 0.15) is 137 Å². The minimum absolute atomic E-state index is 0.0521. The Labute approximate surface area is 534 Å². The molecule has 2 unspecified atom stereocenters. The average Bonchev–Trinajstić information content (AvgIpc) is 1.72. The average molecular weight is 1240 g/mol. The van der Waals surface area contributed by atoms with Gasteiger partial charge in [0, 0.05) is 93.1 Å². The predicted octanol–water partition coefficient (Wildman–Crippen LogP) is 16.3. The summed E-state index contributed by atoms with van der Waals surface area (Å²) in [7, 11) is 0. The number of carbonyl (C=O) groups is 6. The van der Waals surface area contributed by atoms with Gasteiger partial charge in [0.1, 0.15) is 0 Å². The van der Waals surface area contributed by atoms with Crippen LogP contribution in [0.3, 0.4) is 0 Å². The number of nitrogens with one attached hydrogen (secondary N) is 1. The molecule has 452 valence electrons. The number of halogens is 3. The first-order chi connectivity index (χ1) is 43.1. The van der Waals surface area contributed by atoms with Gasteiger partial charge in [-0.1, -0.05) is 184 Å². The fourth-order valence-electron chi connectivity index (χ4n) is 11.9. The fourth-order valence-corrected chi connectivity index (χ4v) is 12.4. The molecule has 1 N–H and O–H groups in total. The number of benzene rings is 8. The van der Waals surface area contributed by atoms with E-state index < -0.39 is 5.24 Å². The molecule has 0 radical (unpaired) electrons. The summed E-state index contributed by atoms with van der Waals surface area (Å²) >= 11 is 17.9. The van der Waals surface area contributed by atoms with E-state index in [1.54, 1.807) is 72.8 Å². The van der Waals surface area contributed by atoms with E-state index >= 15 is 0 Å². The summed E-state index contributed by atoms with van der Waals surface area (Å²) in [6.45, 7) is 11.7. The molecule has 12 nitrogen and oxygen atoms in total. The summed E-state index contributed by atoms with van der Waals surface area (Å²) in [4.78, 5) is 80.8. The predicted molar refractivity (Wildman–Crippen MR) is 355 cm³/mol. The molecule has 2 aromatic heterocycles. The second-order valence-electron chi connectivity index (χ2n) is 22.9. The Hall–Kier alpha value is -8.91. The van der Waals surface area contributed by atoms with Gasteiger partial charge in [0.2, 0.25) is 0 Å². The molecule has 2 aliphatic heterocycles. The summed E-state index contributed by atoms with van der Waals surface area (Å²) < 4.78 is 4.64. The lowest BCUT2D eigenvalue weighted by atomic mass is 9.97. The third-order valence-corrected chi connectivity index (χ3v) is 16.8. The number of imide groups is 2. The van der Waals surface area contributed by atoms with Crippen molar-refractivity contribution in [2.24, 2.45) is 11.8 Å². The Morgan fingerprint density at radius 2 is 0.854 bits per heavy atom. The van der Waals surface area contributed by atoms with Crippen LogP contribution in [0.5, 0.6) is 0 Å². The summed E-state index contributed by atoms with van der Waals surface area (Å²) in [5.74, 6) is -0.679. The number of aromatic nitrogens is 2. The quantitative estimate of drug-likeness (QED) is 0.0456. The molecule has 2 aliphatic rings. The normalized spacial score (nSPS) is 13.3. The van der Waals surface area contributed by atoms with Gasteiger partial charge in [-0.05, 0) is 139 Å². The molecule has 2 atom stereocenters. The molecule has 0 saturated carbocycles. The van der Waals surface area contributed by atoms with Gasteiger partial charge in [0.15, 0.2) is 0 Å². The van der Waals surface area contributed by atoms with Crippen molar-refractivity contribution in [3.05, 3.63) is 284 Å². The Kier molecular flexibility index (Phi) is 20.5. The molecule has 0 spiro atoms. The van der Waals surface area contributed by atoms with Gasteiger partial charge in [-0.15, -0.1) is 0 Å². The van der Waals surface area contributed by atoms with E-state index in [4.69, 9.17) is 34.8 Å². The monoisotopic (exact) mass is 1240 g/mol. The van der Waals surface area contributed by atoms with Crippen LogP contribution in [0, 0.1) is 11.8 Å². The van der Waals surface area contributed by atoms with Crippen LogP contribution in [0.15, 0.2) is 218 Å². The zero-order valence-electron chi connectivity index (χ0n) is 50.1. The van der Waals surface area contributed by atoms with Crippen molar-refractivity contribution in [1.29, 1.82) is 0 Å². The van der Waals surface area contributed by atoms with Gasteiger partial charge < -0.3 is 19.4 Å². The second kappa shape index (κ2) is 28.9. The molecule has 4 heterocycles. The van der Waals surface area contributed by atoms with Crippen LogP contribution >= 0.6 is 34.8 Å². The van der Waals surface area contributed by atoms with Crippen LogP contribution in [0.25, 0.3) is 21.8 Å². The third-order valence-electron chi connectivity index (χ3n) is 16.2. The molecular formula is C74H69Cl3N6O6. The zero-order chi connectivity index (χ0) is 62.7. The Morgan fingerprint density at radius 3 is 1.27 bits per heavy atom. The van der Waals surface area contributed by atoms with E-state index in [1.165, 1.54) is 21.1 Å². The Bertz CT molecular complexity index is 4100. The van der Waals surface area contributed by atoms with Gasteiger partial charge in [-0.3, -0.25) is 38.6 Å². The van der Waals surface area contributed by atoms with Gasteiger partial charge in [-0.2, -0.15) is 0 Å². The highest BCUT2D eigenvalue weighted by molar-refractivity contribution is 6.67. The SMILES string of the molecule is CC(C)C(NCCCN1C(=O)c2ccccc2C1=O)c1cc2cc(Cl)ccc2n1Cc1ccccc1.CC(C)C(c1cc2cc(Cl)ccc2n1Cc1ccccc1)N(CCCN1C(=O)c2ccccc2C1=O)C(=O)c1ccccc1.O=C(Cl)c1ccccc1. The van der Waals surface area contributed by atoms with E-state index in [1.807, 2.05) is 95.9 Å². The van der Waals surface area contributed by atoms with Crippen LogP contribution < -0.4 is 5.32 Å². The van der Waals surface area contributed by atoms with E-state index in [-0.39, 0.29) is 54.1 Å². The minimum atomic E-state index is -0.407. The number of fused-ring (bicyclic) bond motifs is 4. The number of hydrogen-bond acceptors (Lipinski definition) is 7. The number of hydrogen-bond donors (Lipinski definition) is 1. The maximum Gasteiger partial charge on any atom is 0.261 e. The number of nitrogens with zero attached hydrogens (tertiary/aromatic N) is 5. The minimum Gasteiger partial charge on any atom is -0.339 e. The van der Waals surface area contributed by atoms with Crippen molar-refractivity contribution >= 4 is 91.4 Å². The highest BCUT2D eigenvalue weighted by Gasteiger charge is 2.37. The van der Waals surface area contributed by atoms with E-state index in [0.717, 1.165) is 44.6 Å². The molecule has 5 amide bonds. The molecule has 0 aliphatic carbocycles. The molecule has 0 saturated heterocycles. The summed E-state index contributed by atoms with van der Waals surface area (Å²) in [5, 5.41) is 6.80. The molecule has 15 heteroatoms. The molecule has 89 heavy (non-hydrogen) atoms. The topological polar surface area (TPSA) is 134 Å². The smallest absolute Gasteiger partial charge is 0.261 e. The maximum absolute atomic E-state index is 14.3. The van der Waals surface area contributed by atoms with E-state index in [2.05, 4.69) is 96.7 Å². The summed E-state index contributed by atoms with van der Waals surface area (Å²) in [6.07, 6.45) is 1.12. The largest absolute Gasteiger partial charge is 0.339 e. The lowest BCUT2D eigenvalue weighted by molar-refractivity contribution is 0.0577. The highest BCUT2D eigenvalue weighted by Crippen LogP contribution is 2.37. The van der Waals surface area contributed by atoms with Crippen LogP contribution in [0.4, 0.5) is 0 Å². The van der Waals surface area contributed by atoms with Crippen LogP contribution in [-0.4, -0.2) is 84.8 Å². The summed E-state index contributed by atoms with van der Waals surface area (Å²) in [5.41, 5.74) is 9.77. The zero-order valence-corrected chi connectivity index (χ0v) is 52.3. The number of carbonyl (C=O) groups excluding carboxylic acids is 6. The van der Waals surface area contributed by atoms with Crippen molar-refractivity contribution in [2.75, 3.05) is 26.2 Å². The van der Waals surface area contributed by atoms with Gasteiger partial charge in [-0.25, -0.2) is 0 Å². The molecule has 8 aromatic carbocycles. The van der Waals surface area contributed by atoms with Crippen molar-refractivity contribution in [3.63, 3.8) is 0 Å². The fraction of sp³-hybridized carbons (Fsp3) is 0.216. The van der Waals surface area contributed by atoms with Crippen molar-refractivity contribution < 1.29 is 28.8 Å². The third kappa shape index (κ3) is 14.5. The number of amides is 5. The standard InChI is InChI=1S/C37H34ClN3O3.C30H30ClN3O2.C7H5ClO/c1-25(2)34(33-23-28-22-29(38)18-19-32(28)41(33)24-26-12-5-3-6-13-26)39(35(42)27-14-7-4-8-15-27)20-11-21-40-36(43)30-16-9-10-17-31(30)37(40)44;1-20(2)28(32-15-8-16-33-29(35)24-11-6-7-12-25(24)30(33)36)27-18-22-17-23(31)13-14-26(22)34(27)19-21-9-4-3-5-10-21;8-7(9)6-4-2-1-3-5-6/h3-10,12-19,22-23,25,34H,11,20-21,24H2,1-2H3;3-7,9-14,17-18,20,28,32H,8,15-16,19H2,1-2H3;1-5H. The lowest BCUT2D eigenvalue weighted by Crippen LogP contribution is -2.41. The van der Waals surface area contributed by atoms with Crippen molar-refractivity contribution in [3.8, 4) is 0 Å². The molecule has 0 fully saturated rings. The second-order valence-corrected chi connectivity index (χ2v) is 24.1. The van der Waals surface area contributed by atoms with Crippen LogP contribution in [0.2, 0.25) is 10.0 Å². The Morgan fingerprint density at radius 1 is 0.461 bits per heavy atom. The lowest BCUT2D eigenvalue weighted by Gasteiger charge is -2.36. The van der Waals surface area contributed by atoms with Crippen molar-refractivity contribution in [1.82, 2.24) is 29.2 Å². The Balaban J connectivity index is 0.000000174. The molecule has 12 rings (SSSR count). The molecule has 0 bridgehead atoms. The van der Waals surface area contributed by atoms with Gasteiger partial charge >= 0.3 is 0 Å². The van der Waals surface area contributed by atoms with Crippen molar-refractivity contribution in [2.45, 2.75) is 65.7 Å². The van der Waals surface area contributed by atoms with Gasteiger partial charge in [0.25, 0.3) is 34.8 Å². The first kappa shape index (κ1) is 63.1. The first-order valence-corrected chi connectivity index (χ1v) is 31.1. The van der Waals surface area contributed by atoms with Crippen LogP contribution in [-0.2, 0) is 13.1 Å². The van der Waals surface area contributed by atoms with Gasteiger partial charge in [0.05, 0.1) is 28.3 Å². The maximum atomic E-state index is 14.3. The first-order valence-electron chi connectivity index (χ1n) is 30.0. The number of rotatable bonds is 20.